The van der Waals surface area contributed by atoms with Gasteiger partial charge in [-0.05, 0) is 34.0 Å². The monoisotopic (exact) mass is 238 g/mol. The van der Waals surface area contributed by atoms with Gasteiger partial charge in [0.25, 0.3) is 0 Å². The minimum atomic E-state index is -0.264. The standard InChI is InChI=1S/C13H7FN4/c14-8-5-6-12-11(7-8)9-3-1-2-4-10(9)13-15-16-17-18(12)13/h1-7H. The van der Waals surface area contributed by atoms with E-state index in [0.29, 0.717) is 5.65 Å². The van der Waals surface area contributed by atoms with Crippen molar-refractivity contribution >= 4 is 27.3 Å². The molecule has 0 aliphatic carbocycles. The maximum atomic E-state index is 13.4. The highest BCUT2D eigenvalue weighted by atomic mass is 19.1. The molecule has 18 heavy (non-hydrogen) atoms. The summed E-state index contributed by atoms with van der Waals surface area (Å²) in [7, 11) is 0. The van der Waals surface area contributed by atoms with Crippen LogP contribution in [0.5, 0.6) is 0 Å². The van der Waals surface area contributed by atoms with Gasteiger partial charge in [0.1, 0.15) is 5.82 Å². The van der Waals surface area contributed by atoms with Crippen LogP contribution in [0.25, 0.3) is 27.3 Å². The predicted molar refractivity (Wildman–Crippen MR) is 65.8 cm³/mol. The summed E-state index contributed by atoms with van der Waals surface area (Å²) in [6, 6.07) is 12.4. The number of nitrogens with zero attached hydrogens (tertiary/aromatic N) is 4. The van der Waals surface area contributed by atoms with Crippen LogP contribution < -0.4 is 0 Å². The van der Waals surface area contributed by atoms with E-state index in [4.69, 9.17) is 0 Å². The summed E-state index contributed by atoms with van der Waals surface area (Å²) in [5.41, 5.74) is 1.49. The number of aromatic nitrogens is 4. The summed E-state index contributed by atoms with van der Waals surface area (Å²) >= 11 is 0. The lowest BCUT2D eigenvalue weighted by Gasteiger charge is -2.05. The Morgan fingerprint density at radius 2 is 1.78 bits per heavy atom. The maximum absolute atomic E-state index is 13.4. The quantitative estimate of drug-likeness (QED) is 0.442. The van der Waals surface area contributed by atoms with Gasteiger partial charge in [0, 0.05) is 10.8 Å². The predicted octanol–water partition coefficient (Wildman–Crippen LogP) is 2.57. The second-order valence-corrected chi connectivity index (χ2v) is 4.12. The molecule has 86 valence electrons. The summed E-state index contributed by atoms with van der Waals surface area (Å²) in [5.74, 6) is -0.264. The molecule has 0 N–H and O–H groups in total. The average Bonchev–Trinajstić information content (AvgIpc) is 2.88. The van der Waals surface area contributed by atoms with Crippen molar-refractivity contribution in [1.29, 1.82) is 0 Å². The van der Waals surface area contributed by atoms with E-state index in [2.05, 4.69) is 15.5 Å². The van der Waals surface area contributed by atoms with Gasteiger partial charge in [0.2, 0.25) is 0 Å². The minimum absolute atomic E-state index is 0.264. The molecule has 0 aliphatic heterocycles. The van der Waals surface area contributed by atoms with E-state index in [1.807, 2.05) is 24.3 Å². The highest BCUT2D eigenvalue weighted by Gasteiger charge is 2.10. The Morgan fingerprint density at radius 3 is 2.67 bits per heavy atom. The molecule has 0 radical (unpaired) electrons. The minimum Gasteiger partial charge on any atom is -0.207 e. The number of halogens is 1. The lowest BCUT2D eigenvalue weighted by molar-refractivity contribution is 0.629. The SMILES string of the molecule is Fc1ccc2c(c1)c1ccccc1c1nnnn21. The van der Waals surface area contributed by atoms with Crippen LogP contribution in [0, 0.1) is 5.82 Å². The normalized spacial score (nSPS) is 11.6. The lowest BCUT2D eigenvalue weighted by Crippen LogP contribution is -1.93. The molecule has 0 unspecified atom stereocenters. The summed E-state index contributed by atoms with van der Waals surface area (Å²) in [5, 5.41) is 14.4. The fraction of sp³-hybridized carbons (Fsp3) is 0. The largest absolute Gasteiger partial charge is 0.207 e. The van der Waals surface area contributed by atoms with E-state index in [-0.39, 0.29) is 5.82 Å². The van der Waals surface area contributed by atoms with Crippen molar-refractivity contribution in [3.63, 3.8) is 0 Å². The van der Waals surface area contributed by atoms with Crippen LogP contribution in [0.1, 0.15) is 0 Å². The molecule has 0 saturated carbocycles. The smallest absolute Gasteiger partial charge is 0.187 e. The third kappa shape index (κ3) is 1.10. The Balaban J connectivity index is 2.44. The van der Waals surface area contributed by atoms with Crippen LogP contribution in [0.3, 0.4) is 0 Å². The van der Waals surface area contributed by atoms with E-state index >= 15 is 0 Å². The van der Waals surface area contributed by atoms with Gasteiger partial charge < -0.3 is 0 Å². The number of hydrogen-bond acceptors (Lipinski definition) is 3. The van der Waals surface area contributed by atoms with E-state index in [0.717, 1.165) is 21.7 Å². The first-order valence-corrected chi connectivity index (χ1v) is 5.53. The van der Waals surface area contributed by atoms with Gasteiger partial charge in [-0.1, -0.05) is 24.3 Å². The summed E-state index contributed by atoms with van der Waals surface area (Å²) in [4.78, 5) is 0. The first-order valence-electron chi connectivity index (χ1n) is 5.53. The molecule has 0 fully saturated rings. The van der Waals surface area contributed by atoms with Gasteiger partial charge >= 0.3 is 0 Å². The number of rotatable bonds is 0. The van der Waals surface area contributed by atoms with Gasteiger partial charge in [-0.3, -0.25) is 0 Å². The van der Waals surface area contributed by atoms with E-state index in [1.165, 1.54) is 12.1 Å². The fourth-order valence-electron chi connectivity index (χ4n) is 2.34. The Hall–Kier alpha value is -2.56. The van der Waals surface area contributed by atoms with Gasteiger partial charge in [-0.2, -0.15) is 4.52 Å². The number of benzene rings is 2. The summed E-state index contributed by atoms with van der Waals surface area (Å²) in [6.45, 7) is 0. The molecule has 5 heteroatoms. The molecule has 0 bridgehead atoms. The van der Waals surface area contributed by atoms with Crippen LogP contribution in [-0.2, 0) is 0 Å². The van der Waals surface area contributed by atoms with Crippen molar-refractivity contribution in [3.05, 3.63) is 48.3 Å². The van der Waals surface area contributed by atoms with Gasteiger partial charge in [-0.25, -0.2) is 4.39 Å². The average molecular weight is 238 g/mol. The topological polar surface area (TPSA) is 43.1 Å². The molecule has 2 aromatic carbocycles. The Morgan fingerprint density at radius 1 is 0.944 bits per heavy atom. The number of tetrazole rings is 1. The third-order valence-corrected chi connectivity index (χ3v) is 3.11. The Bertz CT molecular complexity index is 897. The zero-order valence-corrected chi connectivity index (χ0v) is 9.21. The highest BCUT2D eigenvalue weighted by Crippen LogP contribution is 2.27. The van der Waals surface area contributed by atoms with Crippen LogP contribution in [-0.4, -0.2) is 20.0 Å². The molecule has 4 aromatic rings. The van der Waals surface area contributed by atoms with E-state index in [9.17, 15) is 4.39 Å². The molecule has 0 amide bonds. The van der Waals surface area contributed by atoms with Crippen LogP contribution in [0.15, 0.2) is 42.5 Å². The van der Waals surface area contributed by atoms with Crippen molar-refractivity contribution in [3.8, 4) is 0 Å². The van der Waals surface area contributed by atoms with Gasteiger partial charge in [0.05, 0.1) is 5.52 Å². The van der Waals surface area contributed by atoms with Crippen molar-refractivity contribution in [2.45, 2.75) is 0 Å². The summed E-state index contributed by atoms with van der Waals surface area (Å²) < 4.78 is 15.1. The van der Waals surface area contributed by atoms with Crippen molar-refractivity contribution in [2.75, 3.05) is 0 Å². The maximum Gasteiger partial charge on any atom is 0.187 e. The Labute approximate surface area is 101 Å². The molecular formula is C13H7FN4. The molecule has 0 saturated heterocycles. The lowest BCUT2D eigenvalue weighted by atomic mass is 10.1. The molecule has 0 spiro atoms. The fourth-order valence-corrected chi connectivity index (χ4v) is 2.34. The van der Waals surface area contributed by atoms with Crippen LogP contribution in [0.4, 0.5) is 4.39 Å². The van der Waals surface area contributed by atoms with Crippen molar-refractivity contribution in [1.82, 2.24) is 20.0 Å². The molecular weight excluding hydrogens is 231 g/mol. The summed E-state index contributed by atoms with van der Waals surface area (Å²) in [6.07, 6.45) is 0. The van der Waals surface area contributed by atoms with Crippen molar-refractivity contribution < 1.29 is 4.39 Å². The van der Waals surface area contributed by atoms with Crippen LogP contribution >= 0.6 is 0 Å². The molecule has 2 aromatic heterocycles. The molecule has 4 nitrogen and oxygen atoms in total. The molecule has 2 heterocycles. The van der Waals surface area contributed by atoms with Gasteiger partial charge in [-0.15, -0.1) is 5.10 Å². The molecule has 4 rings (SSSR count). The second-order valence-electron chi connectivity index (χ2n) is 4.12. The zero-order valence-electron chi connectivity index (χ0n) is 9.21. The number of hydrogen-bond donors (Lipinski definition) is 0. The highest BCUT2D eigenvalue weighted by molar-refractivity contribution is 6.11. The first-order chi connectivity index (χ1) is 8.84. The number of fused-ring (bicyclic) bond motifs is 6. The first kappa shape index (κ1) is 9.47. The third-order valence-electron chi connectivity index (χ3n) is 3.11. The number of pyridine rings is 1. The van der Waals surface area contributed by atoms with E-state index in [1.54, 1.807) is 10.6 Å². The molecule has 0 atom stereocenters. The Kier molecular flexibility index (Phi) is 1.70. The van der Waals surface area contributed by atoms with Crippen molar-refractivity contribution in [2.24, 2.45) is 0 Å². The molecule has 0 aliphatic rings. The van der Waals surface area contributed by atoms with E-state index < -0.39 is 0 Å². The zero-order chi connectivity index (χ0) is 12.1. The van der Waals surface area contributed by atoms with Gasteiger partial charge in [0.15, 0.2) is 5.65 Å². The van der Waals surface area contributed by atoms with Crippen LogP contribution in [0.2, 0.25) is 0 Å². The second kappa shape index (κ2) is 3.22.